The Morgan fingerprint density at radius 2 is 1.79 bits per heavy atom. The highest BCUT2D eigenvalue weighted by molar-refractivity contribution is 7.60. The van der Waals surface area contributed by atoms with Crippen molar-refractivity contribution < 1.29 is 23.1 Å². The second-order valence-corrected chi connectivity index (χ2v) is 12.1. The van der Waals surface area contributed by atoms with Crippen molar-refractivity contribution in [3.05, 3.63) is 39.8 Å². The first-order chi connectivity index (χ1) is 15.6. The number of nitrogens with zero attached hydrogens (tertiary/aromatic N) is 1. The normalized spacial score (nSPS) is 20.9. The lowest BCUT2D eigenvalue weighted by molar-refractivity contribution is -0.117. The fourth-order valence-corrected chi connectivity index (χ4v) is 6.54. The molecule has 1 aromatic rings. The number of carbonyl (C=O) groups is 1. The van der Waals surface area contributed by atoms with E-state index in [-0.39, 0.29) is 48.2 Å². The third-order valence-electron chi connectivity index (χ3n) is 6.27. The predicted octanol–water partition coefficient (Wildman–Crippen LogP) is 6.91. The van der Waals surface area contributed by atoms with E-state index in [0.717, 1.165) is 30.4 Å². The third-order valence-corrected chi connectivity index (χ3v) is 8.72. The van der Waals surface area contributed by atoms with Crippen molar-refractivity contribution >= 4 is 25.0 Å². The SMILES string of the molecule is CCCCOc1cc2c(cc1Cl)C1CC(=O)C(P(=O)(OCC)OCC)=CN1C(C(C)(C)C)C2. The Bertz CT molecular complexity index is 945. The van der Waals surface area contributed by atoms with Crippen LogP contribution in [0.5, 0.6) is 5.75 Å². The molecule has 2 heterocycles. The van der Waals surface area contributed by atoms with E-state index in [1.54, 1.807) is 20.0 Å². The number of unbranched alkanes of at least 4 members (excludes halogenated alkanes) is 1. The Balaban J connectivity index is 2.08. The second kappa shape index (κ2) is 10.5. The van der Waals surface area contributed by atoms with Crippen molar-refractivity contribution in [2.24, 2.45) is 5.41 Å². The quantitative estimate of drug-likeness (QED) is 0.273. The van der Waals surface area contributed by atoms with Gasteiger partial charge in [-0.05, 0) is 55.4 Å². The van der Waals surface area contributed by atoms with E-state index in [9.17, 15) is 9.36 Å². The average molecular weight is 498 g/mol. The van der Waals surface area contributed by atoms with Crippen molar-refractivity contribution in [1.82, 2.24) is 4.90 Å². The Morgan fingerprint density at radius 3 is 2.36 bits per heavy atom. The molecular weight excluding hydrogens is 461 g/mol. The molecule has 0 aromatic heterocycles. The van der Waals surface area contributed by atoms with E-state index in [1.165, 1.54) is 0 Å². The van der Waals surface area contributed by atoms with Gasteiger partial charge in [0, 0.05) is 18.7 Å². The smallest absolute Gasteiger partial charge is 0.366 e. The van der Waals surface area contributed by atoms with Crippen LogP contribution in [0.15, 0.2) is 23.6 Å². The van der Waals surface area contributed by atoms with Gasteiger partial charge < -0.3 is 18.7 Å². The second-order valence-electron chi connectivity index (χ2n) is 9.71. The predicted molar refractivity (Wildman–Crippen MR) is 132 cm³/mol. The van der Waals surface area contributed by atoms with E-state index < -0.39 is 7.60 Å². The molecule has 33 heavy (non-hydrogen) atoms. The number of Topliss-reactive ketones (excluding diaryl/α,β-unsaturated/α-hetero) is 1. The van der Waals surface area contributed by atoms with Gasteiger partial charge in [-0.1, -0.05) is 45.7 Å². The lowest BCUT2D eigenvalue weighted by atomic mass is 9.75. The van der Waals surface area contributed by atoms with Gasteiger partial charge in [0.1, 0.15) is 11.1 Å². The molecule has 6 nitrogen and oxygen atoms in total. The van der Waals surface area contributed by atoms with Gasteiger partial charge in [0.25, 0.3) is 0 Å². The van der Waals surface area contributed by atoms with Crippen LogP contribution in [0.3, 0.4) is 0 Å². The van der Waals surface area contributed by atoms with E-state index in [0.29, 0.717) is 17.4 Å². The number of hydrogen-bond donors (Lipinski definition) is 0. The van der Waals surface area contributed by atoms with Gasteiger partial charge in [-0.25, -0.2) is 0 Å². The molecule has 3 rings (SSSR count). The average Bonchev–Trinajstić information content (AvgIpc) is 2.73. The van der Waals surface area contributed by atoms with Gasteiger partial charge in [0.05, 0.1) is 30.9 Å². The van der Waals surface area contributed by atoms with Crippen LogP contribution in [-0.4, -0.2) is 36.5 Å². The van der Waals surface area contributed by atoms with Gasteiger partial charge in [-0.2, -0.15) is 0 Å². The largest absolute Gasteiger partial charge is 0.492 e. The number of allylic oxidation sites excluding steroid dienone is 1. The van der Waals surface area contributed by atoms with Crippen LogP contribution < -0.4 is 4.74 Å². The highest BCUT2D eigenvalue weighted by Crippen LogP contribution is 2.59. The van der Waals surface area contributed by atoms with Crippen molar-refractivity contribution in [3.63, 3.8) is 0 Å². The maximum absolute atomic E-state index is 13.5. The van der Waals surface area contributed by atoms with Crippen molar-refractivity contribution in [1.29, 1.82) is 0 Å². The molecule has 0 amide bonds. The zero-order valence-corrected chi connectivity index (χ0v) is 22.3. The summed E-state index contributed by atoms with van der Waals surface area (Å²) in [6.45, 7) is 13.2. The molecule has 8 heteroatoms. The lowest BCUT2D eigenvalue weighted by Gasteiger charge is -2.50. The lowest BCUT2D eigenvalue weighted by Crippen LogP contribution is -2.50. The van der Waals surface area contributed by atoms with E-state index in [2.05, 4.69) is 32.6 Å². The highest BCUT2D eigenvalue weighted by Gasteiger charge is 2.46. The summed E-state index contributed by atoms with van der Waals surface area (Å²) in [6, 6.07) is 3.87. The first-order valence-corrected chi connectivity index (χ1v) is 13.8. The van der Waals surface area contributed by atoms with Gasteiger partial charge in [0.2, 0.25) is 0 Å². The number of halogens is 1. The van der Waals surface area contributed by atoms with Crippen molar-refractivity contribution in [2.75, 3.05) is 19.8 Å². The molecule has 184 valence electrons. The van der Waals surface area contributed by atoms with Crippen molar-refractivity contribution in [2.45, 2.75) is 79.3 Å². The highest BCUT2D eigenvalue weighted by atomic mass is 35.5. The van der Waals surface area contributed by atoms with Crippen LogP contribution in [0.2, 0.25) is 5.02 Å². The first kappa shape index (κ1) is 26.3. The Morgan fingerprint density at radius 1 is 1.12 bits per heavy atom. The molecule has 0 saturated carbocycles. The summed E-state index contributed by atoms with van der Waals surface area (Å²) in [7, 11) is -3.69. The molecule has 0 N–H and O–H groups in total. The first-order valence-electron chi connectivity index (χ1n) is 11.9. The van der Waals surface area contributed by atoms with Crippen LogP contribution in [-0.2, 0) is 24.8 Å². The Hall–Kier alpha value is -1.33. The molecule has 2 aliphatic heterocycles. The van der Waals surface area contributed by atoms with Crippen LogP contribution in [0.4, 0.5) is 0 Å². The third kappa shape index (κ3) is 5.51. The summed E-state index contributed by atoms with van der Waals surface area (Å²) in [5, 5.41) is 0.696. The number of benzene rings is 1. The molecule has 2 atom stereocenters. The number of ketones is 1. The minimum atomic E-state index is -3.69. The minimum Gasteiger partial charge on any atom is -0.492 e. The molecule has 0 radical (unpaired) electrons. The molecule has 0 fully saturated rings. The monoisotopic (exact) mass is 497 g/mol. The number of rotatable bonds is 9. The molecule has 2 unspecified atom stereocenters. The van der Waals surface area contributed by atoms with E-state index >= 15 is 0 Å². The van der Waals surface area contributed by atoms with E-state index in [1.807, 2.05) is 12.1 Å². The summed E-state index contributed by atoms with van der Waals surface area (Å²) in [6.07, 6.45) is 4.72. The van der Waals surface area contributed by atoms with Crippen LogP contribution in [0.1, 0.15) is 78.0 Å². The summed E-state index contributed by atoms with van der Waals surface area (Å²) < 4.78 is 30.4. The van der Waals surface area contributed by atoms with Crippen LogP contribution in [0, 0.1) is 5.41 Å². The van der Waals surface area contributed by atoms with Crippen molar-refractivity contribution in [3.8, 4) is 5.75 Å². The summed E-state index contributed by atoms with van der Waals surface area (Å²) in [4.78, 5) is 15.4. The minimum absolute atomic E-state index is 0.0828. The Kier molecular flexibility index (Phi) is 8.37. The summed E-state index contributed by atoms with van der Waals surface area (Å²) in [5.74, 6) is 0.488. The fourth-order valence-electron chi connectivity index (χ4n) is 4.61. The maximum atomic E-state index is 13.5. The van der Waals surface area contributed by atoms with Gasteiger partial charge in [-0.15, -0.1) is 0 Å². The number of carbonyl (C=O) groups excluding carboxylic acids is 1. The molecule has 0 bridgehead atoms. The van der Waals surface area contributed by atoms with Gasteiger partial charge >= 0.3 is 7.60 Å². The summed E-state index contributed by atoms with van der Waals surface area (Å²) >= 11 is 6.59. The number of ether oxygens (including phenoxy) is 1. The standard InChI is InChI=1S/C25H37ClNO5P/c1-7-10-11-30-22-12-17-13-24(25(4,5)6)27-16-23(33(29,31-8-2)32-9-3)21(28)15-20(27)18(17)14-19(22)26/h12,14,16,20,24H,7-11,13,15H2,1-6H3. The number of hydrogen-bond acceptors (Lipinski definition) is 6. The molecular formula is C25H37ClNO5P. The fraction of sp³-hybridized carbons (Fsp3) is 0.640. The number of fused-ring (bicyclic) bond motifs is 3. The topological polar surface area (TPSA) is 65.1 Å². The van der Waals surface area contributed by atoms with E-state index in [4.69, 9.17) is 25.4 Å². The molecule has 1 aromatic carbocycles. The molecule has 2 aliphatic rings. The molecule has 0 spiro atoms. The zero-order valence-electron chi connectivity index (χ0n) is 20.7. The molecule has 0 saturated heterocycles. The molecule has 0 aliphatic carbocycles. The maximum Gasteiger partial charge on any atom is 0.366 e. The summed E-state index contributed by atoms with van der Waals surface area (Å²) in [5.41, 5.74) is 2.08. The van der Waals surface area contributed by atoms with Gasteiger partial charge in [0.15, 0.2) is 5.78 Å². The zero-order chi connectivity index (χ0) is 24.4. The van der Waals surface area contributed by atoms with Crippen LogP contribution in [0.25, 0.3) is 0 Å². The van der Waals surface area contributed by atoms with Gasteiger partial charge in [-0.3, -0.25) is 9.36 Å². The van der Waals surface area contributed by atoms with Crippen LogP contribution >= 0.6 is 19.2 Å². The Labute approximate surface area is 203 Å².